The Labute approximate surface area is 159 Å². The Kier molecular flexibility index (Phi) is 4.17. The summed E-state index contributed by atoms with van der Waals surface area (Å²) in [7, 11) is 0. The summed E-state index contributed by atoms with van der Waals surface area (Å²) in [5.41, 5.74) is -0.888. The monoisotopic (exact) mass is 440 g/mol. The Balaban J connectivity index is 1.58. The van der Waals surface area contributed by atoms with E-state index in [9.17, 15) is 22.8 Å². The predicted octanol–water partition coefficient (Wildman–Crippen LogP) is 2.59. The second-order valence-electron chi connectivity index (χ2n) is 6.57. The highest BCUT2D eigenvalue weighted by molar-refractivity contribution is 9.10. The molecule has 6 nitrogen and oxygen atoms in total. The normalized spacial score (nSPS) is 23.3. The lowest BCUT2D eigenvalue weighted by Crippen LogP contribution is -2.48. The highest BCUT2D eigenvalue weighted by atomic mass is 79.9. The number of carbonyl (C=O) groups is 2. The van der Waals surface area contributed by atoms with Gasteiger partial charge >= 0.3 is 0 Å². The fourth-order valence-corrected chi connectivity index (χ4v) is 3.81. The van der Waals surface area contributed by atoms with Crippen molar-refractivity contribution in [2.75, 3.05) is 18.4 Å². The molecule has 1 N–H and O–H groups in total. The third-order valence-electron chi connectivity index (χ3n) is 4.75. The molecule has 27 heavy (non-hydrogen) atoms. The van der Waals surface area contributed by atoms with E-state index in [0.29, 0.717) is 10.0 Å². The van der Waals surface area contributed by atoms with Crippen LogP contribution in [0.5, 0.6) is 0 Å². The number of nitrogens with zero attached hydrogens (tertiary/aromatic N) is 3. The molecule has 10 heteroatoms. The van der Waals surface area contributed by atoms with Gasteiger partial charge < -0.3 is 4.90 Å². The Bertz CT molecular complexity index is 956. The second kappa shape index (κ2) is 6.29. The zero-order valence-electron chi connectivity index (χ0n) is 13.7. The van der Waals surface area contributed by atoms with E-state index in [1.54, 1.807) is 6.07 Å². The molecule has 1 saturated carbocycles. The maximum absolute atomic E-state index is 14.4. The highest BCUT2D eigenvalue weighted by Crippen LogP contribution is 2.55. The van der Waals surface area contributed by atoms with Crippen molar-refractivity contribution in [3.8, 4) is 0 Å². The second-order valence-corrected chi connectivity index (χ2v) is 7.49. The van der Waals surface area contributed by atoms with Crippen LogP contribution in [0.15, 0.2) is 29.0 Å². The topological polar surface area (TPSA) is 75.2 Å². The molecular formula is C17H12BrF3N4O2. The van der Waals surface area contributed by atoms with Crippen LogP contribution in [0.1, 0.15) is 22.3 Å². The molecule has 1 aromatic carbocycles. The van der Waals surface area contributed by atoms with Crippen molar-refractivity contribution in [1.29, 1.82) is 0 Å². The average molecular weight is 441 g/mol. The summed E-state index contributed by atoms with van der Waals surface area (Å²) in [5.74, 6) is -2.90. The van der Waals surface area contributed by atoms with Gasteiger partial charge in [0.15, 0.2) is 5.82 Å². The molecule has 2 aromatic rings. The fourth-order valence-electron chi connectivity index (χ4n) is 3.38. The van der Waals surface area contributed by atoms with E-state index in [0.717, 1.165) is 23.4 Å². The van der Waals surface area contributed by atoms with Gasteiger partial charge in [-0.15, -0.1) is 0 Å². The van der Waals surface area contributed by atoms with Crippen molar-refractivity contribution in [2.24, 2.45) is 0 Å². The van der Waals surface area contributed by atoms with Crippen LogP contribution >= 0.6 is 15.9 Å². The summed E-state index contributed by atoms with van der Waals surface area (Å²) in [4.78, 5) is 33.2. The van der Waals surface area contributed by atoms with Crippen LogP contribution in [-0.4, -0.2) is 45.9 Å². The van der Waals surface area contributed by atoms with Crippen molar-refractivity contribution in [3.05, 3.63) is 51.8 Å². The maximum Gasteiger partial charge on any atom is 0.257 e. The van der Waals surface area contributed by atoms with E-state index >= 15 is 0 Å². The number of anilines is 1. The van der Waals surface area contributed by atoms with Gasteiger partial charge in [-0.1, -0.05) is 15.9 Å². The molecule has 140 valence electrons. The lowest BCUT2D eigenvalue weighted by atomic mass is 9.86. The van der Waals surface area contributed by atoms with Crippen LogP contribution in [0.2, 0.25) is 0 Å². The number of carbonyl (C=O) groups excluding carboxylic acids is 2. The zero-order chi connectivity index (χ0) is 19.3. The van der Waals surface area contributed by atoms with Gasteiger partial charge in [0, 0.05) is 16.4 Å². The van der Waals surface area contributed by atoms with Gasteiger partial charge in [-0.3, -0.25) is 14.9 Å². The van der Waals surface area contributed by atoms with Gasteiger partial charge in [0.25, 0.3) is 5.91 Å². The number of aromatic nitrogens is 2. The molecular weight excluding hydrogens is 429 g/mol. The van der Waals surface area contributed by atoms with E-state index in [-0.39, 0.29) is 24.5 Å². The van der Waals surface area contributed by atoms with Crippen LogP contribution in [0.3, 0.4) is 0 Å². The van der Waals surface area contributed by atoms with Crippen LogP contribution in [0.4, 0.5) is 19.1 Å². The number of halogens is 4. The number of benzene rings is 1. The number of fused-ring (bicyclic) bond motifs is 2. The lowest BCUT2D eigenvalue weighted by Gasteiger charge is -2.34. The third-order valence-corrected chi connectivity index (χ3v) is 5.21. The van der Waals surface area contributed by atoms with Crippen LogP contribution in [0.25, 0.3) is 0 Å². The summed E-state index contributed by atoms with van der Waals surface area (Å²) in [6, 6.07) is 2.69. The lowest BCUT2D eigenvalue weighted by molar-refractivity contribution is -0.117. The summed E-state index contributed by atoms with van der Waals surface area (Å²) in [6.45, 7) is -0.462. The summed E-state index contributed by atoms with van der Waals surface area (Å²) in [5, 5.41) is 2.33. The Hall–Kier alpha value is -2.49. The van der Waals surface area contributed by atoms with Gasteiger partial charge in [0.1, 0.15) is 18.5 Å². The molecule has 2 amide bonds. The molecule has 0 radical (unpaired) electrons. The number of nitrogens with one attached hydrogen (secondary N) is 1. The van der Waals surface area contributed by atoms with Crippen molar-refractivity contribution < 1.29 is 22.8 Å². The van der Waals surface area contributed by atoms with Crippen LogP contribution < -0.4 is 5.32 Å². The number of hydrogen-bond acceptors (Lipinski definition) is 4. The van der Waals surface area contributed by atoms with E-state index in [2.05, 4.69) is 31.2 Å². The van der Waals surface area contributed by atoms with E-state index in [1.807, 2.05) is 0 Å². The molecule has 1 aliphatic heterocycles. The third kappa shape index (κ3) is 3.07. The Morgan fingerprint density at radius 1 is 1.33 bits per heavy atom. The molecule has 0 saturated heterocycles. The van der Waals surface area contributed by atoms with Gasteiger partial charge in [0.05, 0.1) is 18.0 Å². The largest absolute Gasteiger partial charge is 0.328 e. The fraction of sp³-hybridized carbons (Fsp3) is 0.294. The molecule has 2 atom stereocenters. The first-order valence-electron chi connectivity index (χ1n) is 8.00. The average Bonchev–Trinajstić information content (AvgIpc) is 3.24. The van der Waals surface area contributed by atoms with Crippen LogP contribution in [0, 0.1) is 11.6 Å². The first kappa shape index (κ1) is 17.9. The molecule has 2 aliphatic rings. The highest BCUT2D eigenvalue weighted by Gasteiger charge is 2.61. The van der Waals surface area contributed by atoms with E-state index < -0.39 is 41.6 Å². The van der Waals surface area contributed by atoms with Gasteiger partial charge in [-0.05, 0) is 24.1 Å². The first-order valence-corrected chi connectivity index (χ1v) is 8.80. The van der Waals surface area contributed by atoms with Gasteiger partial charge in [-0.2, -0.15) is 0 Å². The quantitative estimate of drug-likeness (QED) is 0.795. The summed E-state index contributed by atoms with van der Waals surface area (Å²) in [6.07, 6.45) is 0.697. The minimum Gasteiger partial charge on any atom is -0.328 e. The van der Waals surface area contributed by atoms with Crippen molar-refractivity contribution >= 4 is 33.7 Å². The van der Waals surface area contributed by atoms with E-state index in [4.69, 9.17) is 0 Å². The Morgan fingerprint density at radius 3 is 2.63 bits per heavy atom. The molecule has 1 spiro atoms. The molecule has 1 aliphatic carbocycles. The minimum absolute atomic E-state index is 0.0341. The molecule has 2 heterocycles. The number of amides is 2. The Morgan fingerprint density at radius 2 is 2.00 bits per heavy atom. The summed E-state index contributed by atoms with van der Waals surface area (Å²) < 4.78 is 41.8. The van der Waals surface area contributed by atoms with E-state index in [1.165, 1.54) is 0 Å². The predicted molar refractivity (Wildman–Crippen MR) is 91.8 cm³/mol. The first-order chi connectivity index (χ1) is 12.8. The molecule has 0 bridgehead atoms. The number of rotatable bonds is 3. The van der Waals surface area contributed by atoms with Gasteiger partial charge in [0.2, 0.25) is 11.9 Å². The molecule has 1 aromatic heterocycles. The molecule has 1 fully saturated rings. The SMILES string of the molecule is O=C(CN1C[C@]2(C[C@H]2F)c2cc(Br)cc(F)c2C1=O)Nc1ncc(F)cn1. The molecule has 4 rings (SSSR count). The molecule has 0 unspecified atom stereocenters. The minimum atomic E-state index is -1.22. The van der Waals surface area contributed by atoms with Crippen molar-refractivity contribution in [2.45, 2.75) is 18.0 Å². The van der Waals surface area contributed by atoms with Gasteiger partial charge in [-0.25, -0.2) is 23.1 Å². The number of hydrogen-bond donors (Lipinski definition) is 1. The standard InChI is InChI=1S/C17H12BrF3N4O2/c18-8-1-10-14(11(20)2-8)15(27)25(7-17(10)3-12(17)21)6-13(26)24-16-22-4-9(19)5-23-16/h1-2,4-5,12H,3,6-7H2,(H,22,23,24,26)/t12-,17-/m1/s1. The smallest absolute Gasteiger partial charge is 0.257 e. The zero-order valence-corrected chi connectivity index (χ0v) is 15.3. The van der Waals surface area contributed by atoms with Crippen LogP contribution in [-0.2, 0) is 10.2 Å². The van der Waals surface area contributed by atoms with Crippen molar-refractivity contribution in [1.82, 2.24) is 14.9 Å². The summed E-state index contributed by atoms with van der Waals surface area (Å²) >= 11 is 3.17. The maximum atomic E-state index is 14.4. The van der Waals surface area contributed by atoms with Crippen molar-refractivity contribution in [3.63, 3.8) is 0 Å². The number of alkyl halides is 1.